The summed E-state index contributed by atoms with van der Waals surface area (Å²) in [4.78, 5) is 30.3. The number of carbonyl (C=O) groups is 2. The minimum absolute atomic E-state index is 0.0688. The molecule has 0 saturated carbocycles. The number of hydrogen-bond donors (Lipinski definition) is 1. The summed E-state index contributed by atoms with van der Waals surface area (Å²) in [6, 6.07) is 1.50. The van der Waals surface area contributed by atoms with E-state index in [0.29, 0.717) is 5.82 Å². The Hall–Kier alpha value is -2.31. The van der Waals surface area contributed by atoms with E-state index in [1.165, 1.54) is 24.3 Å². The Morgan fingerprint density at radius 3 is 2.53 bits per heavy atom. The third-order valence-corrected chi connectivity index (χ3v) is 2.59. The first-order chi connectivity index (χ1) is 8.86. The van der Waals surface area contributed by atoms with Crippen molar-refractivity contribution >= 4 is 23.4 Å². The molecule has 1 amide bonds. The first kappa shape index (κ1) is 14.7. The van der Waals surface area contributed by atoms with Gasteiger partial charge in [-0.15, -0.1) is 0 Å². The third kappa shape index (κ3) is 3.57. The molecule has 7 nitrogen and oxygen atoms in total. The topological polar surface area (TPSA) is 88.8 Å². The molecule has 0 unspecified atom stereocenters. The Balaban J connectivity index is 2.95. The number of esters is 1. The van der Waals surface area contributed by atoms with E-state index in [9.17, 15) is 9.59 Å². The lowest BCUT2D eigenvalue weighted by molar-refractivity contribution is -0.127. The number of likely N-dealkylation sites (N-methyl/N-ethyl adjacent to an activating group) is 2. The van der Waals surface area contributed by atoms with Crippen LogP contribution >= 0.6 is 0 Å². The van der Waals surface area contributed by atoms with Crippen molar-refractivity contribution in [3.63, 3.8) is 0 Å². The summed E-state index contributed by atoms with van der Waals surface area (Å²) in [6.07, 6.45) is 1.37. The van der Waals surface area contributed by atoms with Crippen molar-refractivity contribution < 1.29 is 14.3 Å². The average molecular weight is 266 g/mol. The second-order valence-electron chi connectivity index (χ2n) is 4.27. The van der Waals surface area contributed by atoms with Crippen LogP contribution in [-0.4, -0.2) is 56.6 Å². The molecule has 0 bridgehead atoms. The van der Waals surface area contributed by atoms with Crippen LogP contribution in [0.1, 0.15) is 10.4 Å². The Kier molecular flexibility index (Phi) is 4.68. The lowest BCUT2D eigenvalue weighted by atomic mass is 10.2. The molecule has 0 aliphatic carbocycles. The van der Waals surface area contributed by atoms with Crippen LogP contribution in [0.15, 0.2) is 12.3 Å². The van der Waals surface area contributed by atoms with Crippen LogP contribution in [0.2, 0.25) is 0 Å². The molecule has 0 aliphatic rings. The predicted octanol–water partition coefficient (Wildman–Crippen LogP) is -0.0252. The van der Waals surface area contributed by atoms with Crippen molar-refractivity contribution in [2.24, 2.45) is 0 Å². The molecule has 1 aromatic heterocycles. The zero-order valence-corrected chi connectivity index (χ0v) is 11.5. The van der Waals surface area contributed by atoms with E-state index in [2.05, 4.69) is 9.72 Å². The first-order valence-electron chi connectivity index (χ1n) is 5.62. The fourth-order valence-electron chi connectivity index (χ4n) is 1.38. The van der Waals surface area contributed by atoms with Crippen molar-refractivity contribution in [2.45, 2.75) is 0 Å². The summed E-state index contributed by atoms with van der Waals surface area (Å²) in [5, 5.41) is 0. The largest absolute Gasteiger partial charge is 0.465 e. The van der Waals surface area contributed by atoms with Gasteiger partial charge in [-0.3, -0.25) is 4.79 Å². The van der Waals surface area contributed by atoms with Crippen LogP contribution in [0.4, 0.5) is 11.5 Å². The molecule has 0 atom stereocenters. The molecule has 1 heterocycles. The summed E-state index contributed by atoms with van der Waals surface area (Å²) in [5.74, 6) is -0.126. The maximum Gasteiger partial charge on any atom is 0.340 e. The third-order valence-electron chi connectivity index (χ3n) is 2.59. The number of aromatic nitrogens is 1. The van der Waals surface area contributed by atoms with Crippen LogP contribution in [0.25, 0.3) is 0 Å². The monoisotopic (exact) mass is 266 g/mol. The minimum atomic E-state index is -0.534. The Labute approximate surface area is 112 Å². The second kappa shape index (κ2) is 6.03. The molecule has 1 rings (SSSR count). The zero-order chi connectivity index (χ0) is 14.6. The van der Waals surface area contributed by atoms with Crippen molar-refractivity contribution in [3.05, 3.63) is 17.8 Å². The normalized spacial score (nSPS) is 9.89. The van der Waals surface area contributed by atoms with Gasteiger partial charge in [0.1, 0.15) is 5.82 Å². The number of ether oxygens (including phenoxy) is 1. The Morgan fingerprint density at radius 2 is 2.00 bits per heavy atom. The van der Waals surface area contributed by atoms with Gasteiger partial charge in [0.25, 0.3) is 0 Å². The fourth-order valence-corrected chi connectivity index (χ4v) is 1.38. The molecule has 7 heteroatoms. The summed E-state index contributed by atoms with van der Waals surface area (Å²) in [5.41, 5.74) is 6.13. The van der Waals surface area contributed by atoms with Gasteiger partial charge in [0.05, 0.1) is 31.1 Å². The molecule has 2 N–H and O–H groups in total. The number of amides is 1. The van der Waals surface area contributed by atoms with E-state index in [4.69, 9.17) is 5.73 Å². The maximum absolute atomic E-state index is 11.6. The number of carbonyl (C=O) groups excluding carboxylic acids is 2. The number of hydrogen-bond acceptors (Lipinski definition) is 6. The SMILES string of the molecule is COC(=O)c1cc(N(C)CC(=O)N(C)C)ncc1N. The van der Waals surface area contributed by atoms with Gasteiger partial charge in [0.2, 0.25) is 5.91 Å². The van der Waals surface area contributed by atoms with E-state index in [0.717, 1.165) is 0 Å². The molecule has 0 fully saturated rings. The summed E-state index contributed by atoms with van der Waals surface area (Å²) in [7, 11) is 6.33. The van der Waals surface area contributed by atoms with Crippen molar-refractivity contribution in [1.29, 1.82) is 0 Å². The van der Waals surface area contributed by atoms with Gasteiger partial charge in [-0.25, -0.2) is 9.78 Å². The quantitative estimate of drug-likeness (QED) is 0.770. The highest BCUT2D eigenvalue weighted by Gasteiger charge is 2.15. The lowest BCUT2D eigenvalue weighted by Crippen LogP contribution is -2.34. The van der Waals surface area contributed by atoms with Gasteiger partial charge in [-0.2, -0.15) is 0 Å². The number of anilines is 2. The van der Waals surface area contributed by atoms with Gasteiger partial charge in [-0.1, -0.05) is 0 Å². The molecule has 0 radical (unpaired) electrons. The first-order valence-corrected chi connectivity index (χ1v) is 5.62. The molecule has 0 aliphatic heterocycles. The van der Waals surface area contributed by atoms with Crippen LogP contribution in [0.5, 0.6) is 0 Å². The molecule has 0 aromatic carbocycles. The smallest absolute Gasteiger partial charge is 0.340 e. The molecule has 0 spiro atoms. The zero-order valence-electron chi connectivity index (χ0n) is 11.5. The van der Waals surface area contributed by atoms with E-state index in [-0.39, 0.29) is 23.7 Å². The maximum atomic E-state index is 11.6. The fraction of sp³-hybridized carbons (Fsp3) is 0.417. The molecular weight excluding hydrogens is 248 g/mol. The highest BCUT2D eigenvalue weighted by Crippen LogP contribution is 2.18. The van der Waals surface area contributed by atoms with E-state index >= 15 is 0 Å². The molecule has 0 saturated heterocycles. The van der Waals surface area contributed by atoms with Gasteiger partial charge in [-0.05, 0) is 6.07 Å². The van der Waals surface area contributed by atoms with Crippen LogP contribution in [0, 0.1) is 0 Å². The molecule has 1 aromatic rings. The van der Waals surface area contributed by atoms with Crippen molar-refractivity contribution in [2.75, 3.05) is 45.4 Å². The number of nitrogens with zero attached hydrogens (tertiary/aromatic N) is 3. The number of rotatable bonds is 4. The van der Waals surface area contributed by atoms with E-state index in [1.54, 1.807) is 26.0 Å². The minimum Gasteiger partial charge on any atom is -0.465 e. The van der Waals surface area contributed by atoms with E-state index < -0.39 is 5.97 Å². The lowest BCUT2D eigenvalue weighted by Gasteiger charge is -2.20. The summed E-state index contributed by atoms with van der Waals surface area (Å²) >= 11 is 0. The summed E-state index contributed by atoms with van der Waals surface area (Å²) in [6.45, 7) is 0.157. The number of pyridine rings is 1. The summed E-state index contributed by atoms with van der Waals surface area (Å²) < 4.78 is 4.63. The molecular formula is C12H18N4O3. The van der Waals surface area contributed by atoms with Gasteiger partial charge >= 0.3 is 5.97 Å². The van der Waals surface area contributed by atoms with Crippen molar-refractivity contribution in [3.8, 4) is 0 Å². The van der Waals surface area contributed by atoms with Gasteiger partial charge in [0.15, 0.2) is 0 Å². The Bertz CT molecular complexity index is 488. The number of methoxy groups -OCH3 is 1. The molecule has 19 heavy (non-hydrogen) atoms. The Morgan fingerprint density at radius 1 is 1.37 bits per heavy atom. The van der Waals surface area contributed by atoms with Gasteiger partial charge < -0.3 is 20.3 Å². The predicted molar refractivity (Wildman–Crippen MR) is 72.0 cm³/mol. The second-order valence-corrected chi connectivity index (χ2v) is 4.27. The van der Waals surface area contributed by atoms with Crippen LogP contribution < -0.4 is 10.6 Å². The average Bonchev–Trinajstić information content (AvgIpc) is 2.37. The highest BCUT2D eigenvalue weighted by molar-refractivity contribution is 5.95. The standard InChI is InChI=1S/C12H18N4O3/c1-15(2)11(17)7-16(3)10-5-8(12(18)19-4)9(13)6-14-10/h5-6H,7,13H2,1-4H3. The highest BCUT2D eigenvalue weighted by atomic mass is 16.5. The van der Waals surface area contributed by atoms with E-state index in [1.807, 2.05) is 0 Å². The van der Waals surface area contributed by atoms with Gasteiger partial charge in [0, 0.05) is 21.1 Å². The van der Waals surface area contributed by atoms with Crippen molar-refractivity contribution in [1.82, 2.24) is 9.88 Å². The van der Waals surface area contributed by atoms with Crippen LogP contribution in [-0.2, 0) is 9.53 Å². The van der Waals surface area contributed by atoms with Crippen LogP contribution in [0.3, 0.4) is 0 Å². The number of nitrogens with two attached hydrogens (primary N) is 1. The number of nitrogen functional groups attached to an aromatic ring is 1. The molecule has 104 valence electrons.